The number of aryl methyl sites for hydroxylation is 1. The number of hydrogen-bond donors (Lipinski definition) is 0. The zero-order valence-electron chi connectivity index (χ0n) is 17.2. The summed E-state index contributed by atoms with van der Waals surface area (Å²) in [6.07, 6.45) is 13.6. The van der Waals surface area contributed by atoms with Gasteiger partial charge in [0.2, 0.25) is 0 Å². The highest BCUT2D eigenvalue weighted by Gasteiger charge is 2.25. The van der Waals surface area contributed by atoms with E-state index in [0.29, 0.717) is 4.90 Å². The lowest BCUT2D eigenvalue weighted by Crippen LogP contribution is -2.24. The van der Waals surface area contributed by atoms with E-state index in [1.54, 1.807) is 32.9 Å². The average molecular weight is 383 g/mol. The quantitative estimate of drug-likeness (QED) is 0.283. The maximum Gasteiger partial charge on any atom is 0.297 e. The second kappa shape index (κ2) is 11.8. The van der Waals surface area contributed by atoms with Crippen LogP contribution in [-0.4, -0.2) is 14.0 Å². The van der Waals surface area contributed by atoms with Crippen molar-refractivity contribution in [3.8, 4) is 0 Å². The van der Waals surface area contributed by atoms with E-state index >= 15 is 0 Å². The lowest BCUT2D eigenvalue weighted by atomic mass is 10.0. The SMILES string of the molecule is CCCCCCCCCCCCc1ccccc1S(=O)(=O)OC(C)(C)C. The number of unbranched alkanes of at least 4 members (excludes halogenated alkanes) is 9. The Kier molecular flexibility index (Phi) is 10.5. The maximum absolute atomic E-state index is 12.5. The molecule has 3 nitrogen and oxygen atoms in total. The Morgan fingerprint density at radius 2 is 1.31 bits per heavy atom. The van der Waals surface area contributed by atoms with Gasteiger partial charge in [-0.05, 0) is 45.2 Å². The van der Waals surface area contributed by atoms with Crippen LogP contribution in [0.3, 0.4) is 0 Å². The van der Waals surface area contributed by atoms with Crippen LogP contribution in [0.2, 0.25) is 0 Å². The van der Waals surface area contributed by atoms with E-state index in [4.69, 9.17) is 4.18 Å². The van der Waals surface area contributed by atoms with Gasteiger partial charge in [0.15, 0.2) is 0 Å². The Labute approximate surface area is 161 Å². The van der Waals surface area contributed by atoms with Crippen molar-refractivity contribution >= 4 is 10.1 Å². The minimum absolute atomic E-state index is 0.325. The van der Waals surface area contributed by atoms with Gasteiger partial charge in [-0.15, -0.1) is 0 Å². The largest absolute Gasteiger partial charge is 0.297 e. The van der Waals surface area contributed by atoms with Crippen molar-refractivity contribution < 1.29 is 12.6 Å². The van der Waals surface area contributed by atoms with Gasteiger partial charge in [0.1, 0.15) is 0 Å². The molecule has 0 aliphatic heterocycles. The van der Waals surface area contributed by atoms with Crippen LogP contribution in [0.1, 0.15) is 97.5 Å². The second-order valence-corrected chi connectivity index (χ2v) is 9.70. The van der Waals surface area contributed by atoms with Crippen molar-refractivity contribution in [3.63, 3.8) is 0 Å². The summed E-state index contributed by atoms with van der Waals surface area (Å²) >= 11 is 0. The molecule has 0 heterocycles. The Morgan fingerprint density at radius 3 is 1.85 bits per heavy atom. The molecule has 1 rings (SSSR count). The summed E-state index contributed by atoms with van der Waals surface area (Å²) in [5, 5.41) is 0. The molecule has 0 saturated heterocycles. The van der Waals surface area contributed by atoms with Gasteiger partial charge < -0.3 is 0 Å². The normalized spacial score (nSPS) is 12.5. The summed E-state index contributed by atoms with van der Waals surface area (Å²) in [7, 11) is -3.71. The predicted octanol–water partition coefficient (Wildman–Crippen LogP) is 6.65. The number of rotatable bonds is 13. The highest BCUT2D eigenvalue weighted by Crippen LogP contribution is 2.24. The van der Waals surface area contributed by atoms with Gasteiger partial charge in [-0.2, -0.15) is 8.42 Å². The third kappa shape index (κ3) is 9.72. The van der Waals surface area contributed by atoms with Gasteiger partial charge in [-0.3, -0.25) is 4.18 Å². The smallest absolute Gasteiger partial charge is 0.261 e. The molecule has 0 aliphatic carbocycles. The summed E-state index contributed by atoms with van der Waals surface area (Å²) in [4.78, 5) is 0.325. The first kappa shape index (κ1) is 23.2. The molecule has 0 aliphatic rings. The van der Waals surface area contributed by atoms with E-state index in [0.717, 1.165) is 24.8 Å². The third-order valence-electron chi connectivity index (χ3n) is 4.40. The van der Waals surface area contributed by atoms with E-state index in [1.807, 2.05) is 12.1 Å². The van der Waals surface area contributed by atoms with Crippen LogP contribution < -0.4 is 0 Å². The molecule has 0 saturated carbocycles. The van der Waals surface area contributed by atoms with Crippen LogP contribution in [0.15, 0.2) is 29.2 Å². The molecular weight excluding hydrogens is 344 g/mol. The van der Waals surface area contributed by atoms with E-state index < -0.39 is 15.7 Å². The molecule has 26 heavy (non-hydrogen) atoms. The number of benzene rings is 1. The maximum atomic E-state index is 12.5. The molecule has 0 bridgehead atoms. The Morgan fingerprint density at radius 1 is 0.808 bits per heavy atom. The standard InChI is InChI=1S/C22H38O3S/c1-5-6-7-8-9-10-11-12-13-14-17-20-18-15-16-19-21(20)26(23,24)25-22(2,3)4/h15-16,18-19H,5-14,17H2,1-4H3. The van der Waals surface area contributed by atoms with E-state index in [9.17, 15) is 8.42 Å². The fraction of sp³-hybridized carbons (Fsp3) is 0.727. The van der Waals surface area contributed by atoms with E-state index in [2.05, 4.69) is 6.92 Å². The predicted molar refractivity (Wildman–Crippen MR) is 110 cm³/mol. The zero-order chi connectivity index (χ0) is 19.5. The Bertz CT molecular complexity index is 600. The Balaban J connectivity index is 2.38. The van der Waals surface area contributed by atoms with Gasteiger partial charge in [-0.1, -0.05) is 82.9 Å². The van der Waals surface area contributed by atoms with Crippen molar-refractivity contribution in [2.45, 2.75) is 109 Å². The first-order valence-corrected chi connectivity index (χ1v) is 11.7. The van der Waals surface area contributed by atoms with Crippen LogP contribution in [0.4, 0.5) is 0 Å². The lowest BCUT2D eigenvalue weighted by Gasteiger charge is -2.20. The molecule has 0 unspecified atom stereocenters. The fourth-order valence-corrected chi connectivity index (χ4v) is 4.62. The molecule has 0 amide bonds. The average Bonchev–Trinajstić information content (AvgIpc) is 2.55. The van der Waals surface area contributed by atoms with Crippen molar-refractivity contribution in [2.24, 2.45) is 0 Å². The molecule has 1 aromatic carbocycles. The molecule has 0 atom stereocenters. The molecule has 4 heteroatoms. The summed E-state index contributed by atoms with van der Waals surface area (Å²) in [5.41, 5.74) is 0.152. The minimum Gasteiger partial charge on any atom is -0.261 e. The van der Waals surface area contributed by atoms with Crippen LogP contribution in [0.5, 0.6) is 0 Å². The van der Waals surface area contributed by atoms with Gasteiger partial charge in [-0.25, -0.2) is 0 Å². The molecule has 0 fully saturated rings. The molecule has 0 aromatic heterocycles. The molecule has 0 N–H and O–H groups in total. The number of hydrogen-bond acceptors (Lipinski definition) is 3. The summed E-state index contributed by atoms with van der Waals surface area (Å²) in [6, 6.07) is 7.24. The third-order valence-corrected chi connectivity index (χ3v) is 6.06. The van der Waals surface area contributed by atoms with Crippen LogP contribution in [0, 0.1) is 0 Å². The highest BCUT2D eigenvalue weighted by atomic mass is 32.2. The molecule has 150 valence electrons. The van der Waals surface area contributed by atoms with Gasteiger partial charge in [0.05, 0.1) is 10.5 Å². The monoisotopic (exact) mass is 382 g/mol. The highest BCUT2D eigenvalue weighted by molar-refractivity contribution is 7.86. The summed E-state index contributed by atoms with van der Waals surface area (Å²) in [5.74, 6) is 0. The molecule has 0 radical (unpaired) electrons. The summed E-state index contributed by atoms with van der Waals surface area (Å²) in [6.45, 7) is 7.53. The second-order valence-electron chi connectivity index (χ2n) is 8.19. The van der Waals surface area contributed by atoms with Crippen LogP contribution in [-0.2, 0) is 20.7 Å². The van der Waals surface area contributed by atoms with Gasteiger partial charge >= 0.3 is 0 Å². The zero-order valence-corrected chi connectivity index (χ0v) is 18.0. The topological polar surface area (TPSA) is 43.4 Å². The van der Waals surface area contributed by atoms with Gasteiger partial charge in [0.25, 0.3) is 10.1 Å². The van der Waals surface area contributed by atoms with E-state index in [-0.39, 0.29) is 0 Å². The molecule has 1 aromatic rings. The minimum atomic E-state index is -3.71. The van der Waals surface area contributed by atoms with Crippen molar-refractivity contribution in [1.82, 2.24) is 0 Å². The Hall–Kier alpha value is -0.870. The van der Waals surface area contributed by atoms with Crippen molar-refractivity contribution in [1.29, 1.82) is 0 Å². The lowest BCUT2D eigenvalue weighted by molar-refractivity contribution is 0.139. The van der Waals surface area contributed by atoms with Crippen molar-refractivity contribution in [2.75, 3.05) is 0 Å². The fourth-order valence-electron chi connectivity index (χ4n) is 3.13. The van der Waals surface area contributed by atoms with Crippen LogP contribution in [0.25, 0.3) is 0 Å². The molecular formula is C22H38O3S. The summed E-state index contributed by atoms with van der Waals surface area (Å²) < 4.78 is 30.4. The van der Waals surface area contributed by atoms with Crippen molar-refractivity contribution in [3.05, 3.63) is 29.8 Å². The van der Waals surface area contributed by atoms with E-state index in [1.165, 1.54) is 51.4 Å². The first-order chi connectivity index (χ1) is 12.3. The molecule has 0 spiro atoms. The van der Waals surface area contributed by atoms with Crippen LogP contribution >= 0.6 is 0 Å². The van der Waals surface area contributed by atoms with Gasteiger partial charge in [0, 0.05) is 0 Å². The first-order valence-electron chi connectivity index (χ1n) is 10.3.